The van der Waals surface area contributed by atoms with E-state index in [0.29, 0.717) is 18.7 Å². The van der Waals surface area contributed by atoms with Gasteiger partial charge >= 0.3 is 0 Å². The summed E-state index contributed by atoms with van der Waals surface area (Å²) in [6.07, 6.45) is 0.387. The number of carbonyl (C=O) groups is 2. The molecule has 0 bridgehead atoms. The maximum absolute atomic E-state index is 14.1. The number of hydrogen-bond acceptors (Lipinski definition) is 4. The van der Waals surface area contributed by atoms with E-state index in [4.69, 9.17) is 0 Å². The molecule has 0 aliphatic heterocycles. The first-order chi connectivity index (χ1) is 18.5. The summed E-state index contributed by atoms with van der Waals surface area (Å²) < 4.78 is 29.2. The topological polar surface area (TPSA) is 86.8 Å². The standard InChI is InChI=1S/C31H39N3O4S/c1-7-28(31(36)32-8-2)33(20-26-14-10-9-12-24(26)5)30(35)21-34(29-15-11-13-23(4)25(29)6)39(37,38)27-18-16-22(3)17-19-27/h9-19,28H,7-8,20-21H2,1-6H3,(H,32,36). The number of nitrogens with one attached hydrogen (secondary N) is 1. The number of carbonyl (C=O) groups excluding carboxylic acids is 2. The van der Waals surface area contributed by atoms with E-state index in [1.165, 1.54) is 9.21 Å². The Morgan fingerprint density at radius 1 is 0.846 bits per heavy atom. The highest BCUT2D eigenvalue weighted by Crippen LogP contribution is 2.29. The zero-order chi connectivity index (χ0) is 28.7. The van der Waals surface area contributed by atoms with Crippen LogP contribution in [0.5, 0.6) is 0 Å². The molecule has 1 unspecified atom stereocenters. The minimum atomic E-state index is -4.10. The van der Waals surface area contributed by atoms with Crippen molar-refractivity contribution in [1.82, 2.24) is 10.2 Å². The van der Waals surface area contributed by atoms with Crippen molar-refractivity contribution in [2.75, 3.05) is 17.4 Å². The van der Waals surface area contributed by atoms with Crippen molar-refractivity contribution in [2.24, 2.45) is 0 Å². The van der Waals surface area contributed by atoms with Gasteiger partial charge in [-0.3, -0.25) is 13.9 Å². The van der Waals surface area contributed by atoms with Crippen LogP contribution in [-0.4, -0.2) is 44.3 Å². The molecule has 208 valence electrons. The Morgan fingerprint density at radius 3 is 2.10 bits per heavy atom. The Hall–Kier alpha value is -3.65. The molecule has 0 saturated carbocycles. The number of likely N-dealkylation sites (N-methyl/N-ethyl adjacent to an activating group) is 1. The van der Waals surface area contributed by atoms with Crippen LogP contribution in [0.4, 0.5) is 5.69 Å². The Kier molecular flexibility index (Phi) is 9.92. The van der Waals surface area contributed by atoms with Crippen molar-refractivity contribution >= 4 is 27.5 Å². The number of sulfonamides is 1. The fraction of sp³-hybridized carbons (Fsp3) is 0.355. The summed E-state index contributed by atoms with van der Waals surface area (Å²) in [5.74, 6) is -0.713. The zero-order valence-corrected chi connectivity index (χ0v) is 24.5. The number of anilines is 1. The van der Waals surface area contributed by atoms with Crippen LogP contribution in [0.3, 0.4) is 0 Å². The van der Waals surface area contributed by atoms with E-state index in [0.717, 1.165) is 27.8 Å². The lowest BCUT2D eigenvalue weighted by atomic mass is 10.1. The molecule has 0 aliphatic carbocycles. The molecule has 0 radical (unpaired) electrons. The third kappa shape index (κ3) is 6.87. The number of nitrogens with zero attached hydrogens (tertiary/aromatic N) is 2. The fourth-order valence-corrected chi connectivity index (χ4v) is 6.01. The fourth-order valence-electron chi connectivity index (χ4n) is 4.54. The number of amides is 2. The lowest BCUT2D eigenvalue weighted by Gasteiger charge is -2.34. The van der Waals surface area contributed by atoms with Crippen LogP contribution in [-0.2, 0) is 26.2 Å². The Morgan fingerprint density at radius 2 is 1.49 bits per heavy atom. The number of rotatable bonds is 11. The van der Waals surface area contributed by atoms with Gasteiger partial charge in [0, 0.05) is 13.1 Å². The molecule has 3 aromatic carbocycles. The molecule has 1 atom stereocenters. The molecule has 39 heavy (non-hydrogen) atoms. The summed E-state index contributed by atoms with van der Waals surface area (Å²) in [4.78, 5) is 28.8. The van der Waals surface area contributed by atoms with Crippen LogP contribution in [0.15, 0.2) is 71.6 Å². The van der Waals surface area contributed by atoms with E-state index in [-0.39, 0.29) is 17.3 Å². The van der Waals surface area contributed by atoms with E-state index in [9.17, 15) is 18.0 Å². The third-order valence-electron chi connectivity index (χ3n) is 7.07. The Labute approximate surface area is 232 Å². The van der Waals surface area contributed by atoms with Crippen LogP contribution >= 0.6 is 0 Å². The largest absolute Gasteiger partial charge is 0.355 e. The van der Waals surface area contributed by atoms with Crippen LogP contribution in [0, 0.1) is 27.7 Å². The molecule has 0 aromatic heterocycles. The molecular weight excluding hydrogens is 510 g/mol. The van der Waals surface area contributed by atoms with Gasteiger partial charge in [-0.15, -0.1) is 0 Å². The van der Waals surface area contributed by atoms with E-state index in [1.54, 1.807) is 36.4 Å². The van der Waals surface area contributed by atoms with Crippen molar-refractivity contribution < 1.29 is 18.0 Å². The molecule has 0 heterocycles. The van der Waals surface area contributed by atoms with E-state index < -0.39 is 28.5 Å². The minimum absolute atomic E-state index is 0.100. The first-order valence-corrected chi connectivity index (χ1v) is 14.7. The maximum atomic E-state index is 14.1. The molecule has 7 nitrogen and oxygen atoms in total. The van der Waals surface area contributed by atoms with E-state index in [2.05, 4.69) is 5.32 Å². The Balaban J connectivity index is 2.12. The monoisotopic (exact) mass is 549 g/mol. The first-order valence-electron chi connectivity index (χ1n) is 13.3. The molecule has 3 aromatic rings. The zero-order valence-electron chi connectivity index (χ0n) is 23.7. The van der Waals surface area contributed by atoms with Crippen molar-refractivity contribution in [3.8, 4) is 0 Å². The summed E-state index contributed by atoms with van der Waals surface area (Å²) in [6.45, 7) is 11.4. The molecule has 0 fully saturated rings. The average molecular weight is 550 g/mol. The predicted octanol–water partition coefficient (Wildman–Crippen LogP) is 5.06. The second-order valence-electron chi connectivity index (χ2n) is 9.81. The average Bonchev–Trinajstić information content (AvgIpc) is 2.90. The van der Waals surface area contributed by atoms with Gasteiger partial charge in [0.1, 0.15) is 12.6 Å². The third-order valence-corrected chi connectivity index (χ3v) is 8.85. The van der Waals surface area contributed by atoms with E-state index in [1.807, 2.05) is 71.9 Å². The Bertz CT molecular complexity index is 1420. The molecule has 0 spiro atoms. The molecule has 8 heteroatoms. The van der Waals surface area contributed by atoms with Gasteiger partial charge in [-0.25, -0.2) is 8.42 Å². The van der Waals surface area contributed by atoms with Crippen molar-refractivity contribution in [3.63, 3.8) is 0 Å². The highest BCUT2D eigenvalue weighted by molar-refractivity contribution is 7.92. The summed E-state index contributed by atoms with van der Waals surface area (Å²) >= 11 is 0. The predicted molar refractivity (Wildman–Crippen MR) is 156 cm³/mol. The smallest absolute Gasteiger partial charge is 0.264 e. The molecule has 3 rings (SSSR count). The van der Waals surface area contributed by atoms with Gasteiger partial charge in [-0.2, -0.15) is 0 Å². The molecular formula is C31H39N3O4S. The summed E-state index contributed by atoms with van der Waals surface area (Å²) in [5, 5.41) is 2.83. The van der Waals surface area contributed by atoms with Gasteiger partial charge in [-0.1, -0.05) is 61.0 Å². The normalized spacial score (nSPS) is 12.1. The van der Waals surface area contributed by atoms with Crippen molar-refractivity contribution in [1.29, 1.82) is 0 Å². The highest BCUT2D eigenvalue weighted by atomic mass is 32.2. The first kappa shape index (κ1) is 29.9. The SMILES string of the molecule is CCNC(=O)C(CC)N(Cc1ccccc1C)C(=O)CN(c1cccc(C)c1C)S(=O)(=O)c1ccc(C)cc1. The van der Waals surface area contributed by atoms with Crippen molar-refractivity contribution in [2.45, 2.75) is 65.4 Å². The lowest BCUT2D eigenvalue weighted by molar-refractivity contribution is -0.140. The van der Waals surface area contributed by atoms with Gasteiger partial charge in [0.25, 0.3) is 10.0 Å². The highest BCUT2D eigenvalue weighted by Gasteiger charge is 2.34. The van der Waals surface area contributed by atoms with Gasteiger partial charge in [0.2, 0.25) is 11.8 Å². The molecule has 0 aliphatic rings. The minimum Gasteiger partial charge on any atom is -0.355 e. The molecule has 1 N–H and O–H groups in total. The number of aryl methyl sites for hydroxylation is 3. The second kappa shape index (κ2) is 12.9. The molecule has 0 saturated heterocycles. The number of benzene rings is 3. The number of hydrogen-bond donors (Lipinski definition) is 1. The summed E-state index contributed by atoms with van der Waals surface area (Å²) in [7, 11) is -4.10. The van der Waals surface area contributed by atoms with Gasteiger partial charge in [0.15, 0.2) is 0 Å². The quantitative estimate of drug-likeness (QED) is 0.362. The van der Waals surface area contributed by atoms with Crippen LogP contribution < -0.4 is 9.62 Å². The van der Waals surface area contributed by atoms with Gasteiger partial charge in [-0.05, 0) is 81.5 Å². The maximum Gasteiger partial charge on any atom is 0.264 e. The van der Waals surface area contributed by atoms with Gasteiger partial charge < -0.3 is 10.2 Å². The van der Waals surface area contributed by atoms with Crippen LogP contribution in [0.1, 0.15) is 48.1 Å². The van der Waals surface area contributed by atoms with Crippen LogP contribution in [0.25, 0.3) is 0 Å². The van der Waals surface area contributed by atoms with E-state index >= 15 is 0 Å². The van der Waals surface area contributed by atoms with Crippen molar-refractivity contribution in [3.05, 3.63) is 94.5 Å². The molecule has 2 amide bonds. The van der Waals surface area contributed by atoms with Crippen LogP contribution in [0.2, 0.25) is 0 Å². The summed E-state index contributed by atoms with van der Waals surface area (Å²) in [5.41, 5.74) is 4.93. The second-order valence-corrected chi connectivity index (χ2v) is 11.7. The van der Waals surface area contributed by atoms with Gasteiger partial charge in [0.05, 0.1) is 10.6 Å². The lowest BCUT2D eigenvalue weighted by Crippen LogP contribution is -2.52. The summed E-state index contributed by atoms with van der Waals surface area (Å²) in [6, 6.07) is 18.9.